The molecule has 25 heavy (non-hydrogen) atoms. The van der Waals surface area contributed by atoms with Crippen molar-refractivity contribution in [2.24, 2.45) is 11.8 Å². The van der Waals surface area contributed by atoms with E-state index in [2.05, 4.69) is 4.74 Å². The highest BCUT2D eigenvalue weighted by Crippen LogP contribution is 2.38. The summed E-state index contributed by atoms with van der Waals surface area (Å²) in [6.45, 7) is 0.260. The standard InChI is InChI=1S/C19H22F4O2/c20-17-15(8-7-13-3-1-4-13)9-10-16(18(17)25-19(21,22)23)24-12-11-14-5-2-6-14/h7-10,13-14H,1-6,11-12H2/b8-7+. The molecule has 2 aliphatic rings. The fraction of sp³-hybridized carbons (Fsp3) is 0.579. The highest BCUT2D eigenvalue weighted by Gasteiger charge is 2.34. The van der Waals surface area contributed by atoms with Crippen LogP contribution < -0.4 is 9.47 Å². The Kier molecular flexibility index (Phi) is 5.54. The van der Waals surface area contributed by atoms with E-state index in [4.69, 9.17) is 4.74 Å². The summed E-state index contributed by atoms with van der Waals surface area (Å²) in [5, 5.41) is 0. The van der Waals surface area contributed by atoms with Gasteiger partial charge in [-0.1, -0.05) is 37.8 Å². The predicted octanol–water partition coefficient (Wildman–Crippen LogP) is 6.11. The van der Waals surface area contributed by atoms with Gasteiger partial charge in [0.1, 0.15) is 0 Å². The van der Waals surface area contributed by atoms with E-state index in [0.717, 1.165) is 38.5 Å². The Balaban J connectivity index is 1.74. The molecule has 2 saturated carbocycles. The molecule has 0 bridgehead atoms. The average Bonchev–Trinajstić information content (AvgIpc) is 2.44. The van der Waals surface area contributed by atoms with Crippen LogP contribution in [0.4, 0.5) is 17.6 Å². The number of ether oxygens (including phenoxy) is 2. The van der Waals surface area contributed by atoms with Gasteiger partial charge in [0.25, 0.3) is 0 Å². The molecule has 0 unspecified atom stereocenters. The molecular formula is C19H22F4O2. The van der Waals surface area contributed by atoms with Crippen molar-refractivity contribution in [3.8, 4) is 11.5 Å². The van der Waals surface area contributed by atoms with Gasteiger partial charge in [0, 0.05) is 5.56 Å². The fourth-order valence-corrected chi connectivity index (χ4v) is 3.00. The maximum atomic E-state index is 14.5. The zero-order chi connectivity index (χ0) is 17.9. The van der Waals surface area contributed by atoms with Crippen LogP contribution in [-0.4, -0.2) is 13.0 Å². The molecule has 1 aromatic rings. The molecule has 0 atom stereocenters. The van der Waals surface area contributed by atoms with E-state index in [-0.39, 0.29) is 17.9 Å². The topological polar surface area (TPSA) is 18.5 Å². The van der Waals surface area contributed by atoms with Crippen LogP contribution in [0.15, 0.2) is 18.2 Å². The lowest BCUT2D eigenvalue weighted by Crippen LogP contribution is -2.19. The molecule has 0 saturated heterocycles. The number of allylic oxidation sites excluding steroid dienone is 1. The van der Waals surface area contributed by atoms with E-state index in [1.807, 2.05) is 6.08 Å². The van der Waals surface area contributed by atoms with Crippen LogP contribution in [0.2, 0.25) is 0 Å². The number of benzene rings is 1. The Morgan fingerprint density at radius 3 is 2.36 bits per heavy atom. The quantitative estimate of drug-likeness (QED) is 0.548. The summed E-state index contributed by atoms with van der Waals surface area (Å²) in [6.07, 6.45) is 5.79. The van der Waals surface area contributed by atoms with E-state index in [0.29, 0.717) is 11.8 Å². The van der Waals surface area contributed by atoms with Gasteiger partial charge in [-0.15, -0.1) is 13.2 Å². The normalized spacial score (nSPS) is 18.9. The van der Waals surface area contributed by atoms with Crippen molar-refractivity contribution in [3.63, 3.8) is 0 Å². The van der Waals surface area contributed by atoms with Crippen molar-refractivity contribution in [1.29, 1.82) is 0 Å². The van der Waals surface area contributed by atoms with Crippen LogP contribution in [-0.2, 0) is 0 Å². The SMILES string of the molecule is Fc1c(/C=C/C2CCC2)ccc(OCCC2CCC2)c1OC(F)(F)F. The molecule has 0 aliphatic heterocycles. The van der Waals surface area contributed by atoms with E-state index >= 15 is 0 Å². The van der Waals surface area contributed by atoms with Crippen molar-refractivity contribution >= 4 is 6.08 Å². The summed E-state index contributed by atoms with van der Waals surface area (Å²) in [5.74, 6) is -1.17. The lowest BCUT2D eigenvalue weighted by molar-refractivity contribution is -0.276. The van der Waals surface area contributed by atoms with E-state index in [9.17, 15) is 17.6 Å². The number of halogens is 4. The Morgan fingerprint density at radius 1 is 1.08 bits per heavy atom. The molecule has 2 nitrogen and oxygen atoms in total. The first-order chi connectivity index (χ1) is 11.9. The number of rotatable bonds is 7. The molecule has 0 radical (unpaired) electrons. The molecule has 138 valence electrons. The summed E-state index contributed by atoms with van der Waals surface area (Å²) >= 11 is 0. The van der Waals surface area contributed by atoms with Crippen molar-refractivity contribution < 1.29 is 27.0 Å². The van der Waals surface area contributed by atoms with Crippen molar-refractivity contribution in [2.45, 2.75) is 51.3 Å². The number of alkyl halides is 3. The van der Waals surface area contributed by atoms with Crippen molar-refractivity contribution in [3.05, 3.63) is 29.6 Å². The van der Waals surface area contributed by atoms with Gasteiger partial charge in [0.15, 0.2) is 11.6 Å². The zero-order valence-corrected chi connectivity index (χ0v) is 13.9. The van der Waals surface area contributed by atoms with E-state index < -0.39 is 17.9 Å². The summed E-state index contributed by atoms with van der Waals surface area (Å²) < 4.78 is 61.8. The van der Waals surface area contributed by atoms with Crippen LogP contribution >= 0.6 is 0 Å². The predicted molar refractivity (Wildman–Crippen MR) is 86.9 cm³/mol. The average molecular weight is 358 g/mol. The lowest BCUT2D eigenvalue weighted by Gasteiger charge is -2.25. The Hall–Kier alpha value is -1.72. The molecule has 0 spiro atoms. The van der Waals surface area contributed by atoms with E-state index in [1.54, 1.807) is 0 Å². The summed E-state index contributed by atoms with van der Waals surface area (Å²) in [6, 6.07) is 2.79. The summed E-state index contributed by atoms with van der Waals surface area (Å²) in [7, 11) is 0. The Labute approximate surface area is 144 Å². The summed E-state index contributed by atoms with van der Waals surface area (Å²) in [4.78, 5) is 0. The minimum absolute atomic E-state index is 0.0810. The molecule has 0 N–H and O–H groups in total. The zero-order valence-electron chi connectivity index (χ0n) is 13.9. The first kappa shape index (κ1) is 18.1. The van der Waals surface area contributed by atoms with Gasteiger partial charge in [-0.3, -0.25) is 0 Å². The van der Waals surface area contributed by atoms with Crippen molar-refractivity contribution in [2.75, 3.05) is 6.61 Å². The third-order valence-corrected chi connectivity index (χ3v) is 5.01. The highest BCUT2D eigenvalue weighted by atomic mass is 19.4. The third kappa shape index (κ3) is 4.89. The molecule has 1 aromatic carbocycles. The minimum Gasteiger partial charge on any atom is -0.490 e. The molecule has 2 fully saturated rings. The van der Waals surface area contributed by atoms with Gasteiger partial charge in [-0.25, -0.2) is 4.39 Å². The molecule has 3 rings (SSSR count). The van der Waals surface area contributed by atoms with Crippen LogP contribution in [0.1, 0.15) is 50.5 Å². The second-order valence-electron chi connectivity index (χ2n) is 6.83. The Bertz CT molecular complexity index is 617. The smallest absolute Gasteiger partial charge is 0.490 e. The van der Waals surface area contributed by atoms with Gasteiger partial charge in [0.2, 0.25) is 5.75 Å². The minimum atomic E-state index is -4.97. The Morgan fingerprint density at radius 2 is 1.80 bits per heavy atom. The van der Waals surface area contributed by atoms with Gasteiger partial charge in [0.05, 0.1) is 6.61 Å². The fourth-order valence-electron chi connectivity index (χ4n) is 3.00. The number of hydrogen-bond acceptors (Lipinski definition) is 2. The molecule has 0 heterocycles. The van der Waals surface area contributed by atoms with E-state index in [1.165, 1.54) is 24.6 Å². The second kappa shape index (κ2) is 7.67. The summed E-state index contributed by atoms with van der Waals surface area (Å²) in [5.41, 5.74) is 0.0810. The van der Waals surface area contributed by atoms with Gasteiger partial charge >= 0.3 is 6.36 Å². The molecule has 2 aliphatic carbocycles. The first-order valence-electron chi connectivity index (χ1n) is 8.81. The maximum absolute atomic E-state index is 14.5. The highest BCUT2D eigenvalue weighted by molar-refractivity contribution is 5.57. The monoisotopic (exact) mass is 358 g/mol. The van der Waals surface area contributed by atoms with Crippen LogP contribution in [0.3, 0.4) is 0 Å². The lowest BCUT2D eigenvalue weighted by atomic mass is 9.83. The largest absolute Gasteiger partial charge is 0.573 e. The first-order valence-corrected chi connectivity index (χ1v) is 8.81. The van der Waals surface area contributed by atoms with Gasteiger partial charge < -0.3 is 9.47 Å². The van der Waals surface area contributed by atoms with Gasteiger partial charge in [-0.05, 0) is 43.2 Å². The van der Waals surface area contributed by atoms with Crippen LogP contribution in [0, 0.1) is 17.7 Å². The third-order valence-electron chi connectivity index (χ3n) is 5.01. The van der Waals surface area contributed by atoms with Crippen LogP contribution in [0.25, 0.3) is 6.08 Å². The second-order valence-corrected chi connectivity index (χ2v) is 6.83. The molecule has 6 heteroatoms. The molecule has 0 amide bonds. The molecule has 0 aromatic heterocycles. The molecular weight excluding hydrogens is 336 g/mol. The van der Waals surface area contributed by atoms with Gasteiger partial charge in [-0.2, -0.15) is 0 Å². The van der Waals surface area contributed by atoms with Crippen molar-refractivity contribution in [1.82, 2.24) is 0 Å². The number of hydrogen-bond donors (Lipinski definition) is 0. The maximum Gasteiger partial charge on any atom is 0.573 e. The van der Waals surface area contributed by atoms with Crippen LogP contribution in [0.5, 0.6) is 11.5 Å².